The fraction of sp³-hybridized carbons (Fsp3) is 0.417. The summed E-state index contributed by atoms with van der Waals surface area (Å²) < 4.78 is 26.1. The van der Waals surface area contributed by atoms with Crippen LogP contribution >= 0.6 is 11.6 Å². The van der Waals surface area contributed by atoms with Crippen LogP contribution in [0.1, 0.15) is 30.1 Å². The topological polar surface area (TPSA) is 29.1 Å². The highest BCUT2D eigenvalue weighted by Crippen LogP contribution is 2.10. The lowest BCUT2D eigenvalue weighted by Gasteiger charge is -2.08. The van der Waals surface area contributed by atoms with Gasteiger partial charge < -0.3 is 5.32 Å². The predicted octanol–water partition coefficient (Wildman–Crippen LogP) is 3.10. The Morgan fingerprint density at radius 1 is 1.47 bits per heavy atom. The summed E-state index contributed by atoms with van der Waals surface area (Å²) in [6, 6.07) is 2.78. The maximum Gasteiger partial charge on any atom is 0.254 e. The highest BCUT2D eigenvalue weighted by molar-refractivity contribution is 6.20. The monoisotopic (exact) mass is 261 g/mol. The van der Waals surface area contributed by atoms with Crippen LogP contribution in [0, 0.1) is 11.6 Å². The Bertz CT molecular complexity index is 398. The number of nitrogens with one attached hydrogen (secondary N) is 1. The van der Waals surface area contributed by atoms with Gasteiger partial charge in [0.05, 0.1) is 5.56 Å². The molecule has 0 saturated carbocycles. The van der Waals surface area contributed by atoms with Crippen LogP contribution in [-0.2, 0) is 0 Å². The number of hydrogen-bond acceptors (Lipinski definition) is 1. The molecule has 0 fully saturated rings. The Morgan fingerprint density at radius 3 is 2.82 bits per heavy atom. The fourth-order valence-electron chi connectivity index (χ4n) is 1.31. The Labute approximate surface area is 104 Å². The molecule has 0 aliphatic rings. The second-order valence-corrected chi connectivity index (χ2v) is 4.29. The van der Waals surface area contributed by atoms with E-state index in [0.29, 0.717) is 13.0 Å². The molecule has 0 saturated heterocycles. The molecule has 1 aromatic carbocycles. The van der Waals surface area contributed by atoms with Crippen molar-refractivity contribution in [1.82, 2.24) is 5.32 Å². The summed E-state index contributed by atoms with van der Waals surface area (Å²) in [6.07, 6.45) is 1.40. The SMILES string of the molecule is CCC(Cl)CCNC(=O)c1cc(F)ccc1F. The molecule has 5 heteroatoms. The fourth-order valence-corrected chi connectivity index (χ4v) is 1.42. The lowest BCUT2D eigenvalue weighted by atomic mass is 10.2. The minimum Gasteiger partial charge on any atom is -0.352 e. The third kappa shape index (κ3) is 4.30. The maximum atomic E-state index is 13.2. The molecule has 1 atom stereocenters. The predicted molar refractivity (Wildman–Crippen MR) is 63.2 cm³/mol. The maximum absolute atomic E-state index is 13.2. The first kappa shape index (κ1) is 13.9. The van der Waals surface area contributed by atoms with E-state index in [4.69, 9.17) is 11.6 Å². The van der Waals surface area contributed by atoms with E-state index in [0.717, 1.165) is 24.6 Å². The number of rotatable bonds is 5. The van der Waals surface area contributed by atoms with Crippen LogP contribution in [0.3, 0.4) is 0 Å². The van der Waals surface area contributed by atoms with E-state index in [-0.39, 0.29) is 10.9 Å². The van der Waals surface area contributed by atoms with Gasteiger partial charge in [-0.2, -0.15) is 0 Å². The average Bonchev–Trinajstić information content (AvgIpc) is 2.31. The second-order valence-electron chi connectivity index (χ2n) is 3.67. The van der Waals surface area contributed by atoms with Crippen LogP contribution in [0.2, 0.25) is 0 Å². The van der Waals surface area contributed by atoms with Gasteiger partial charge in [0.15, 0.2) is 0 Å². The molecule has 1 aromatic rings. The zero-order valence-corrected chi connectivity index (χ0v) is 10.2. The number of benzene rings is 1. The zero-order valence-electron chi connectivity index (χ0n) is 9.47. The van der Waals surface area contributed by atoms with Gasteiger partial charge in [0.25, 0.3) is 5.91 Å². The van der Waals surface area contributed by atoms with Crippen molar-refractivity contribution in [2.75, 3.05) is 6.54 Å². The van der Waals surface area contributed by atoms with Crippen molar-refractivity contribution in [3.8, 4) is 0 Å². The smallest absolute Gasteiger partial charge is 0.254 e. The average molecular weight is 262 g/mol. The number of carbonyl (C=O) groups is 1. The minimum absolute atomic E-state index is 0.0207. The summed E-state index contributed by atoms with van der Waals surface area (Å²) >= 11 is 5.87. The van der Waals surface area contributed by atoms with Crippen LogP contribution in [0.4, 0.5) is 8.78 Å². The van der Waals surface area contributed by atoms with Crippen LogP contribution < -0.4 is 5.32 Å². The summed E-state index contributed by atoms with van der Waals surface area (Å²) in [5, 5.41) is 2.48. The van der Waals surface area contributed by atoms with Gasteiger partial charge in [-0.05, 0) is 31.0 Å². The second kappa shape index (κ2) is 6.55. The zero-order chi connectivity index (χ0) is 12.8. The van der Waals surface area contributed by atoms with Gasteiger partial charge in [-0.15, -0.1) is 11.6 Å². The molecule has 0 aromatic heterocycles. The molecule has 0 aliphatic carbocycles. The van der Waals surface area contributed by atoms with Gasteiger partial charge in [-0.3, -0.25) is 4.79 Å². The first-order chi connectivity index (χ1) is 8.04. The normalized spacial score (nSPS) is 12.2. The number of hydrogen-bond donors (Lipinski definition) is 1. The highest BCUT2D eigenvalue weighted by Gasteiger charge is 2.12. The molecular formula is C12H14ClF2NO. The lowest BCUT2D eigenvalue weighted by molar-refractivity contribution is 0.0948. The Morgan fingerprint density at radius 2 is 2.18 bits per heavy atom. The number of carbonyl (C=O) groups excluding carboxylic acids is 1. The van der Waals surface area contributed by atoms with Gasteiger partial charge in [0, 0.05) is 11.9 Å². The van der Waals surface area contributed by atoms with E-state index >= 15 is 0 Å². The van der Waals surface area contributed by atoms with Crippen molar-refractivity contribution in [3.63, 3.8) is 0 Å². The number of halogens is 3. The molecule has 0 heterocycles. The lowest BCUT2D eigenvalue weighted by Crippen LogP contribution is -2.27. The van der Waals surface area contributed by atoms with E-state index in [1.165, 1.54) is 0 Å². The molecule has 0 aliphatic heterocycles. The summed E-state index contributed by atoms with van der Waals surface area (Å²) in [6.45, 7) is 2.28. The van der Waals surface area contributed by atoms with E-state index < -0.39 is 17.5 Å². The van der Waals surface area contributed by atoms with Crippen molar-refractivity contribution in [2.45, 2.75) is 25.1 Å². The molecular weight excluding hydrogens is 248 g/mol. The summed E-state index contributed by atoms with van der Waals surface area (Å²) in [5.41, 5.74) is -0.285. The summed E-state index contributed by atoms with van der Waals surface area (Å²) in [4.78, 5) is 11.5. The highest BCUT2D eigenvalue weighted by atomic mass is 35.5. The molecule has 17 heavy (non-hydrogen) atoms. The van der Waals surface area contributed by atoms with Gasteiger partial charge in [-0.1, -0.05) is 6.92 Å². The van der Waals surface area contributed by atoms with Crippen molar-refractivity contribution in [2.24, 2.45) is 0 Å². The standard InChI is InChI=1S/C12H14ClF2NO/c1-2-8(13)5-6-16-12(17)10-7-9(14)3-4-11(10)15/h3-4,7-8H,2,5-6H2,1H3,(H,16,17). The van der Waals surface area contributed by atoms with Crippen molar-refractivity contribution in [3.05, 3.63) is 35.4 Å². The van der Waals surface area contributed by atoms with Crippen molar-refractivity contribution >= 4 is 17.5 Å². The molecule has 1 N–H and O–H groups in total. The quantitative estimate of drug-likeness (QED) is 0.811. The largest absolute Gasteiger partial charge is 0.352 e. The van der Waals surface area contributed by atoms with Crippen LogP contribution in [-0.4, -0.2) is 17.8 Å². The minimum atomic E-state index is -0.734. The van der Waals surface area contributed by atoms with Crippen molar-refractivity contribution in [1.29, 1.82) is 0 Å². The molecule has 0 spiro atoms. The van der Waals surface area contributed by atoms with Crippen LogP contribution in [0.5, 0.6) is 0 Å². The number of alkyl halides is 1. The Kier molecular flexibility index (Phi) is 5.35. The molecule has 1 amide bonds. The third-order valence-electron chi connectivity index (χ3n) is 2.36. The van der Waals surface area contributed by atoms with Gasteiger partial charge in [-0.25, -0.2) is 8.78 Å². The van der Waals surface area contributed by atoms with Gasteiger partial charge in [0.2, 0.25) is 0 Å². The van der Waals surface area contributed by atoms with E-state index in [2.05, 4.69) is 5.32 Å². The molecule has 1 rings (SSSR count). The molecule has 0 radical (unpaired) electrons. The molecule has 94 valence electrons. The van der Waals surface area contributed by atoms with Gasteiger partial charge in [0.1, 0.15) is 11.6 Å². The van der Waals surface area contributed by atoms with E-state index in [9.17, 15) is 13.6 Å². The first-order valence-corrected chi connectivity index (χ1v) is 5.85. The molecule has 2 nitrogen and oxygen atoms in total. The molecule has 1 unspecified atom stereocenters. The summed E-state index contributed by atoms with van der Waals surface area (Å²) in [5.74, 6) is -2.00. The van der Waals surface area contributed by atoms with Crippen LogP contribution in [0.25, 0.3) is 0 Å². The van der Waals surface area contributed by atoms with Crippen molar-refractivity contribution < 1.29 is 13.6 Å². The van der Waals surface area contributed by atoms with Crippen LogP contribution in [0.15, 0.2) is 18.2 Å². The Hall–Kier alpha value is -1.16. The first-order valence-electron chi connectivity index (χ1n) is 5.42. The number of amides is 1. The summed E-state index contributed by atoms with van der Waals surface area (Å²) in [7, 11) is 0. The van der Waals surface area contributed by atoms with E-state index in [1.807, 2.05) is 6.92 Å². The Balaban J connectivity index is 2.55. The van der Waals surface area contributed by atoms with Gasteiger partial charge >= 0.3 is 0 Å². The molecule has 0 bridgehead atoms. The third-order valence-corrected chi connectivity index (χ3v) is 2.89. The van der Waals surface area contributed by atoms with E-state index in [1.54, 1.807) is 0 Å².